The Kier molecular flexibility index (Phi) is 5.18. The zero-order chi connectivity index (χ0) is 19.9. The summed E-state index contributed by atoms with van der Waals surface area (Å²) in [5.74, 6) is -0.455. The summed E-state index contributed by atoms with van der Waals surface area (Å²) in [7, 11) is -3.85. The number of nitrogens with one attached hydrogen (secondary N) is 2. The quantitative estimate of drug-likeness (QED) is 0.800. The highest BCUT2D eigenvalue weighted by molar-refractivity contribution is 7.90. The number of fused-ring (bicyclic) bond motifs is 2. The van der Waals surface area contributed by atoms with Crippen molar-refractivity contribution in [1.29, 1.82) is 0 Å². The normalized spacial score (nSPS) is 21.1. The first-order chi connectivity index (χ1) is 13.4. The smallest absolute Gasteiger partial charge is 0.315 e. The number of benzene rings is 1. The van der Waals surface area contributed by atoms with Crippen molar-refractivity contribution >= 4 is 27.6 Å². The average Bonchev–Trinajstić information content (AvgIpc) is 3.30. The lowest BCUT2D eigenvalue weighted by molar-refractivity contribution is -0.115. The van der Waals surface area contributed by atoms with Crippen LogP contribution in [0, 0.1) is 0 Å². The lowest BCUT2D eigenvalue weighted by atomic mass is 9.98. The maximum Gasteiger partial charge on any atom is 0.342 e. The number of anilines is 1. The summed E-state index contributed by atoms with van der Waals surface area (Å²) in [5.41, 5.74) is 5.08. The Balaban J connectivity index is 1.69. The minimum absolute atomic E-state index is 0.318. The minimum Gasteiger partial charge on any atom is -0.315 e. The van der Waals surface area contributed by atoms with Gasteiger partial charge < -0.3 is 5.32 Å². The standard InChI is InChI=1S/C20H27N3O4S/c1-13(24)23(20(25)22-28(26,27)16-7-4-10-21-12-16)19-17-8-2-5-14(17)11-15-6-3-9-18(15)19/h11,16,21H,2-10,12H2,1H3,(H,22,25). The Morgan fingerprint density at radius 2 is 1.71 bits per heavy atom. The van der Waals surface area contributed by atoms with E-state index in [4.69, 9.17) is 0 Å². The van der Waals surface area contributed by atoms with E-state index in [1.807, 2.05) is 0 Å². The second-order valence-corrected chi connectivity index (χ2v) is 9.94. The number of rotatable bonds is 3. The topological polar surface area (TPSA) is 95.6 Å². The summed E-state index contributed by atoms with van der Waals surface area (Å²) in [5, 5.41) is 2.39. The van der Waals surface area contributed by atoms with E-state index >= 15 is 0 Å². The summed E-state index contributed by atoms with van der Waals surface area (Å²) in [6.07, 6.45) is 6.74. The van der Waals surface area contributed by atoms with Gasteiger partial charge >= 0.3 is 6.03 Å². The molecule has 8 heteroatoms. The molecule has 1 atom stereocenters. The maximum absolute atomic E-state index is 13.0. The lowest BCUT2D eigenvalue weighted by Gasteiger charge is -2.28. The second-order valence-electron chi connectivity index (χ2n) is 7.98. The second kappa shape index (κ2) is 7.48. The molecule has 2 N–H and O–H groups in total. The zero-order valence-electron chi connectivity index (χ0n) is 16.2. The molecule has 1 aromatic rings. The number of carbonyl (C=O) groups excluding carboxylic acids is 2. The molecular weight excluding hydrogens is 378 g/mol. The fourth-order valence-electron chi connectivity index (χ4n) is 4.79. The molecule has 1 aliphatic heterocycles. The minimum atomic E-state index is -3.85. The first-order valence-corrected chi connectivity index (χ1v) is 11.7. The predicted molar refractivity (Wildman–Crippen MR) is 107 cm³/mol. The van der Waals surface area contributed by atoms with E-state index in [-0.39, 0.29) is 0 Å². The van der Waals surface area contributed by atoms with Gasteiger partial charge in [-0.1, -0.05) is 6.07 Å². The van der Waals surface area contributed by atoms with Crippen molar-refractivity contribution in [1.82, 2.24) is 10.0 Å². The SMILES string of the molecule is CC(=O)N(C(=O)NS(=O)(=O)C1CCCNC1)c1c2c(cc3c1CCC3)CCC2. The van der Waals surface area contributed by atoms with Gasteiger partial charge in [0.05, 0.1) is 10.9 Å². The first-order valence-electron chi connectivity index (χ1n) is 10.1. The van der Waals surface area contributed by atoms with Crippen molar-refractivity contribution in [3.63, 3.8) is 0 Å². The fourth-order valence-corrected chi connectivity index (χ4v) is 6.11. The summed E-state index contributed by atoms with van der Waals surface area (Å²) >= 11 is 0. The van der Waals surface area contributed by atoms with E-state index in [0.29, 0.717) is 18.7 Å². The number of imide groups is 1. The molecular formula is C20H27N3O4S. The van der Waals surface area contributed by atoms with Gasteiger partial charge in [-0.25, -0.2) is 22.8 Å². The number of nitrogens with zero attached hydrogens (tertiary/aromatic N) is 1. The van der Waals surface area contributed by atoms with E-state index in [1.165, 1.54) is 18.1 Å². The molecule has 1 heterocycles. The summed E-state index contributed by atoms with van der Waals surface area (Å²) in [6, 6.07) is 1.36. The van der Waals surface area contributed by atoms with Crippen LogP contribution in [-0.4, -0.2) is 38.7 Å². The van der Waals surface area contributed by atoms with E-state index in [0.717, 1.165) is 67.5 Å². The third-order valence-electron chi connectivity index (χ3n) is 6.10. The molecule has 1 fully saturated rings. The van der Waals surface area contributed by atoms with Crippen LogP contribution in [-0.2, 0) is 40.5 Å². The zero-order valence-corrected chi connectivity index (χ0v) is 17.0. The molecule has 0 spiro atoms. The van der Waals surface area contributed by atoms with E-state index in [2.05, 4.69) is 16.1 Å². The van der Waals surface area contributed by atoms with Gasteiger partial charge in [0.15, 0.2) is 0 Å². The van der Waals surface area contributed by atoms with Crippen molar-refractivity contribution < 1.29 is 18.0 Å². The van der Waals surface area contributed by atoms with Crippen LogP contribution in [0.2, 0.25) is 0 Å². The number of piperidine rings is 1. The monoisotopic (exact) mass is 405 g/mol. The number of carbonyl (C=O) groups is 2. The molecule has 3 aliphatic rings. The van der Waals surface area contributed by atoms with Gasteiger partial charge in [0.1, 0.15) is 0 Å². The van der Waals surface area contributed by atoms with Gasteiger partial charge in [0, 0.05) is 13.5 Å². The van der Waals surface area contributed by atoms with Crippen LogP contribution in [0.25, 0.3) is 0 Å². The molecule has 152 valence electrons. The number of aryl methyl sites for hydroxylation is 2. The maximum atomic E-state index is 13.0. The van der Waals surface area contributed by atoms with Crippen LogP contribution in [0.1, 0.15) is 54.9 Å². The van der Waals surface area contributed by atoms with Crippen LogP contribution >= 0.6 is 0 Å². The third-order valence-corrected chi connectivity index (χ3v) is 7.84. The number of urea groups is 1. The summed E-state index contributed by atoms with van der Waals surface area (Å²) in [4.78, 5) is 26.6. The molecule has 1 unspecified atom stereocenters. The van der Waals surface area contributed by atoms with Crippen LogP contribution in [0.4, 0.5) is 10.5 Å². The van der Waals surface area contributed by atoms with Crippen LogP contribution in [0.5, 0.6) is 0 Å². The van der Waals surface area contributed by atoms with Gasteiger partial charge in [0.2, 0.25) is 15.9 Å². The summed E-state index contributed by atoms with van der Waals surface area (Å²) < 4.78 is 27.6. The molecule has 1 saturated heterocycles. The Hall–Kier alpha value is -1.93. The third kappa shape index (κ3) is 3.43. The molecule has 0 saturated carbocycles. The highest BCUT2D eigenvalue weighted by atomic mass is 32.2. The predicted octanol–water partition coefficient (Wildman–Crippen LogP) is 1.81. The van der Waals surface area contributed by atoms with E-state index in [9.17, 15) is 18.0 Å². The number of sulfonamides is 1. The molecule has 0 aromatic heterocycles. The molecule has 0 radical (unpaired) electrons. The van der Waals surface area contributed by atoms with Crippen LogP contribution < -0.4 is 14.9 Å². The Labute approximate surface area is 165 Å². The van der Waals surface area contributed by atoms with Crippen molar-refractivity contribution in [2.45, 2.75) is 63.5 Å². The molecule has 7 nitrogen and oxygen atoms in total. The van der Waals surface area contributed by atoms with E-state index in [1.54, 1.807) is 0 Å². The summed E-state index contributed by atoms with van der Waals surface area (Å²) in [6.45, 7) is 2.42. The van der Waals surface area contributed by atoms with Gasteiger partial charge in [-0.2, -0.15) is 0 Å². The first kappa shape index (κ1) is 19.4. The van der Waals surface area contributed by atoms with Gasteiger partial charge in [-0.3, -0.25) is 4.79 Å². The molecule has 1 aromatic carbocycles. The Morgan fingerprint density at radius 1 is 1.07 bits per heavy atom. The molecule has 2 aliphatic carbocycles. The van der Waals surface area contributed by atoms with Crippen molar-refractivity contribution in [2.75, 3.05) is 18.0 Å². The number of hydrogen-bond donors (Lipinski definition) is 2. The molecule has 28 heavy (non-hydrogen) atoms. The van der Waals surface area contributed by atoms with Crippen LogP contribution in [0.15, 0.2) is 6.07 Å². The molecule has 3 amide bonds. The fraction of sp³-hybridized carbons (Fsp3) is 0.600. The van der Waals surface area contributed by atoms with Crippen LogP contribution in [0.3, 0.4) is 0 Å². The van der Waals surface area contributed by atoms with Gasteiger partial charge in [-0.15, -0.1) is 0 Å². The highest BCUT2D eigenvalue weighted by Gasteiger charge is 2.35. The number of hydrogen-bond acceptors (Lipinski definition) is 5. The molecule has 4 rings (SSSR count). The average molecular weight is 406 g/mol. The Bertz CT molecular complexity index is 888. The largest absolute Gasteiger partial charge is 0.342 e. The van der Waals surface area contributed by atoms with Crippen molar-refractivity contribution in [3.05, 3.63) is 28.3 Å². The van der Waals surface area contributed by atoms with Gasteiger partial charge in [-0.05, 0) is 80.2 Å². The van der Waals surface area contributed by atoms with E-state index < -0.39 is 27.2 Å². The molecule has 0 bridgehead atoms. The number of amides is 3. The highest BCUT2D eigenvalue weighted by Crippen LogP contribution is 2.40. The van der Waals surface area contributed by atoms with Crippen molar-refractivity contribution in [3.8, 4) is 0 Å². The van der Waals surface area contributed by atoms with Crippen molar-refractivity contribution in [2.24, 2.45) is 0 Å². The van der Waals surface area contributed by atoms with Gasteiger partial charge in [0.25, 0.3) is 0 Å². The lowest BCUT2D eigenvalue weighted by Crippen LogP contribution is -2.51. The Morgan fingerprint density at radius 3 is 2.25 bits per heavy atom.